The molecule has 1 amide bonds. The van der Waals surface area contributed by atoms with Crippen LogP contribution in [0.25, 0.3) is 11.1 Å². The van der Waals surface area contributed by atoms with Crippen LogP contribution in [-0.4, -0.2) is 35.0 Å². The lowest BCUT2D eigenvalue weighted by Crippen LogP contribution is -2.47. The van der Waals surface area contributed by atoms with Crippen molar-refractivity contribution in [1.29, 1.82) is 0 Å². The van der Waals surface area contributed by atoms with Gasteiger partial charge in [-0.2, -0.15) is 0 Å². The monoisotopic (exact) mass is 433 g/mol. The zero-order chi connectivity index (χ0) is 20.8. The molecule has 1 aliphatic carbocycles. The molecule has 1 aromatic heterocycles. The maximum atomic E-state index is 12.2. The van der Waals surface area contributed by atoms with Crippen LogP contribution in [0.15, 0.2) is 18.2 Å². The molecule has 1 saturated carbocycles. The van der Waals surface area contributed by atoms with E-state index in [4.69, 9.17) is 39.7 Å². The van der Waals surface area contributed by atoms with E-state index >= 15 is 0 Å². The summed E-state index contributed by atoms with van der Waals surface area (Å²) < 4.78 is 0. The number of nitrogens with zero attached hydrogens (tertiary/aromatic N) is 3. The number of amides is 1. The lowest BCUT2D eigenvalue weighted by atomic mass is 9.74. The molecule has 154 valence electrons. The van der Waals surface area contributed by atoms with Crippen molar-refractivity contribution >= 4 is 35.1 Å². The molecule has 1 spiro atoms. The number of aromatic nitrogens is 2. The first-order valence-electron chi connectivity index (χ1n) is 9.96. The molecule has 0 bridgehead atoms. The van der Waals surface area contributed by atoms with Crippen molar-refractivity contribution in [3.05, 3.63) is 39.6 Å². The molecule has 0 unspecified atom stereocenters. The minimum atomic E-state index is -0.617. The molecule has 2 heterocycles. The Bertz CT molecular complexity index is 956. The van der Waals surface area contributed by atoms with E-state index in [0.29, 0.717) is 32.8 Å². The Morgan fingerprint density at radius 1 is 1.21 bits per heavy atom. The van der Waals surface area contributed by atoms with E-state index in [1.165, 1.54) is 12.8 Å². The zero-order valence-corrected chi connectivity index (χ0v) is 17.9. The molecule has 8 heteroatoms. The Morgan fingerprint density at radius 3 is 2.55 bits per heavy atom. The van der Waals surface area contributed by atoms with Gasteiger partial charge in [0.2, 0.25) is 5.95 Å². The largest absolute Gasteiger partial charge is 0.364 e. The van der Waals surface area contributed by atoms with Crippen LogP contribution in [0.1, 0.15) is 48.3 Å². The number of aryl methyl sites for hydroxylation is 1. The van der Waals surface area contributed by atoms with Gasteiger partial charge in [0, 0.05) is 30.3 Å². The van der Waals surface area contributed by atoms with Crippen LogP contribution in [0, 0.1) is 12.3 Å². The zero-order valence-electron chi connectivity index (χ0n) is 16.4. The first-order chi connectivity index (χ1) is 13.8. The Labute approximate surface area is 180 Å². The van der Waals surface area contributed by atoms with Gasteiger partial charge in [0.25, 0.3) is 5.91 Å². The number of piperidine rings is 1. The molecule has 4 N–H and O–H groups in total. The summed E-state index contributed by atoms with van der Waals surface area (Å²) in [5, 5.41) is 0.753. The Hall–Kier alpha value is -1.89. The third kappa shape index (κ3) is 3.58. The highest BCUT2D eigenvalue weighted by Gasteiger charge is 2.43. The summed E-state index contributed by atoms with van der Waals surface area (Å²) >= 11 is 12.6. The van der Waals surface area contributed by atoms with Crippen molar-refractivity contribution < 1.29 is 4.79 Å². The van der Waals surface area contributed by atoms with Gasteiger partial charge < -0.3 is 16.4 Å². The van der Waals surface area contributed by atoms with Crippen LogP contribution in [-0.2, 0) is 0 Å². The Kier molecular flexibility index (Phi) is 5.44. The lowest BCUT2D eigenvalue weighted by Gasteiger charge is -2.42. The Balaban J connectivity index is 1.69. The predicted molar refractivity (Wildman–Crippen MR) is 116 cm³/mol. The van der Waals surface area contributed by atoms with E-state index in [1.807, 2.05) is 6.92 Å². The molecule has 29 heavy (non-hydrogen) atoms. The van der Waals surface area contributed by atoms with Crippen molar-refractivity contribution in [3.63, 3.8) is 0 Å². The molecule has 2 fully saturated rings. The molecule has 6 nitrogen and oxygen atoms in total. The average Bonchev–Trinajstić information content (AvgIpc) is 3.04. The van der Waals surface area contributed by atoms with Gasteiger partial charge >= 0.3 is 0 Å². The van der Waals surface area contributed by atoms with Crippen LogP contribution in [0.4, 0.5) is 5.95 Å². The van der Waals surface area contributed by atoms with Crippen molar-refractivity contribution in [2.24, 2.45) is 16.9 Å². The van der Waals surface area contributed by atoms with Gasteiger partial charge in [-0.3, -0.25) is 4.79 Å². The highest BCUT2D eigenvalue weighted by atomic mass is 35.5. The number of hydrogen-bond donors (Lipinski definition) is 2. The summed E-state index contributed by atoms with van der Waals surface area (Å²) in [5.74, 6) is -0.0892. The minimum Gasteiger partial charge on any atom is -0.364 e. The van der Waals surface area contributed by atoms with E-state index in [1.54, 1.807) is 18.2 Å². The molecular formula is C21H25Cl2N5O. The molecule has 1 saturated heterocycles. The maximum Gasteiger partial charge on any atom is 0.268 e. The summed E-state index contributed by atoms with van der Waals surface area (Å²) in [4.78, 5) is 23.6. The number of benzene rings is 1. The second-order valence-electron chi connectivity index (χ2n) is 8.15. The van der Waals surface area contributed by atoms with E-state index in [-0.39, 0.29) is 17.2 Å². The minimum absolute atomic E-state index is 0.162. The number of anilines is 1. The fourth-order valence-corrected chi connectivity index (χ4v) is 5.23. The second kappa shape index (κ2) is 7.74. The SMILES string of the molecule is Cc1nc(N2CCC3(CCC[C@H]3N)CC2)nc(C(N)=O)c1-c1cccc(Cl)c1Cl. The normalized spacial score (nSPS) is 21.0. The molecule has 1 aliphatic heterocycles. The van der Waals surface area contributed by atoms with Gasteiger partial charge in [-0.05, 0) is 44.1 Å². The molecule has 1 atom stereocenters. The third-order valence-corrected chi connectivity index (χ3v) is 7.37. The van der Waals surface area contributed by atoms with Gasteiger partial charge in [-0.15, -0.1) is 0 Å². The summed E-state index contributed by atoms with van der Waals surface area (Å²) in [6, 6.07) is 5.54. The predicted octanol–water partition coefficient (Wildman–Crippen LogP) is 3.96. The van der Waals surface area contributed by atoms with Crippen molar-refractivity contribution in [3.8, 4) is 11.1 Å². The highest BCUT2D eigenvalue weighted by molar-refractivity contribution is 6.43. The van der Waals surface area contributed by atoms with Crippen molar-refractivity contribution in [1.82, 2.24) is 9.97 Å². The quantitative estimate of drug-likeness (QED) is 0.762. The van der Waals surface area contributed by atoms with Crippen LogP contribution in [0.5, 0.6) is 0 Å². The van der Waals surface area contributed by atoms with Gasteiger partial charge in [0.1, 0.15) is 5.69 Å². The van der Waals surface area contributed by atoms with Crippen molar-refractivity contribution in [2.45, 2.75) is 45.1 Å². The second-order valence-corrected chi connectivity index (χ2v) is 8.93. The summed E-state index contributed by atoms with van der Waals surface area (Å²) in [6.07, 6.45) is 5.55. The Morgan fingerprint density at radius 2 is 1.93 bits per heavy atom. The lowest BCUT2D eigenvalue weighted by molar-refractivity contribution is 0.0996. The topological polar surface area (TPSA) is 98.1 Å². The number of primary amides is 1. The number of carbonyl (C=O) groups excluding carboxylic acids is 1. The van der Waals surface area contributed by atoms with Gasteiger partial charge in [-0.1, -0.05) is 41.8 Å². The first-order valence-corrected chi connectivity index (χ1v) is 10.7. The number of rotatable bonds is 3. The van der Waals surface area contributed by atoms with E-state index in [0.717, 1.165) is 32.4 Å². The van der Waals surface area contributed by atoms with Crippen LogP contribution >= 0.6 is 23.2 Å². The molecule has 2 aliphatic rings. The first kappa shape index (κ1) is 20.4. The van der Waals surface area contributed by atoms with E-state index in [9.17, 15) is 4.79 Å². The maximum absolute atomic E-state index is 12.2. The number of halogens is 2. The van der Waals surface area contributed by atoms with Crippen LogP contribution < -0.4 is 16.4 Å². The van der Waals surface area contributed by atoms with Gasteiger partial charge in [0.15, 0.2) is 0 Å². The van der Waals surface area contributed by atoms with Gasteiger partial charge in [0.05, 0.1) is 15.7 Å². The summed E-state index contributed by atoms with van der Waals surface area (Å²) in [7, 11) is 0. The molecule has 4 rings (SSSR count). The number of nitrogens with two attached hydrogens (primary N) is 2. The van der Waals surface area contributed by atoms with E-state index < -0.39 is 5.91 Å². The van der Waals surface area contributed by atoms with Crippen LogP contribution in [0.3, 0.4) is 0 Å². The highest BCUT2D eigenvalue weighted by Crippen LogP contribution is 2.46. The average molecular weight is 434 g/mol. The molecule has 2 aromatic rings. The van der Waals surface area contributed by atoms with E-state index in [2.05, 4.69) is 9.88 Å². The standard InChI is InChI=1S/C21H25Cl2N5O/c1-12-16(13-4-2-5-14(22)17(13)23)18(19(25)29)27-20(26-12)28-10-8-21(9-11-28)7-3-6-15(21)24/h2,4-5,15H,3,6-11,24H2,1H3,(H2,25,29)/t15-/m1/s1. The number of hydrogen-bond acceptors (Lipinski definition) is 5. The fraction of sp³-hybridized carbons (Fsp3) is 0.476. The number of carbonyl (C=O) groups is 1. The fourth-order valence-electron chi connectivity index (χ4n) is 4.84. The summed E-state index contributed by atoms with van der Waals surface area (Å²) in [5.41, 5.74) is 14.3. The smallest absolute Gasteiger partial charge is 0.268 e. The van der Waals surface area contributed by atoms with Gasteiger partial charge in [-0.25, -0.2) is 9.97 Å². The summed E-state index contributed by atoms with van der Waals surface area (Å²) in [6.45, 7) is 3.48. The molecule has 1 aromatic carbocycles. The van der Waals surface area contributed by atoms with Crippen molar-refractivity contribution in [2.75, 3.05) is 18.0 Å². The van der Waals surface area contributed by atoms with Crippen LogP contribution in [0.2, 0.25) is 10.0 Å². The molecule has 0 radical (unpaired) electrons. The molecular weight excluding hydrogens is 409 g/mol. The third-order valence-electron chi connectivity index (χ3n) is 6.55.